The highest BCUT2D eigenvalue weighted by atomic mass is 16.5. The Morgan fingerprint density at radius 3 is 3.00 bits per heavy atom. The van der Waals surface area contributed by atoms with Crippen molar-refractivity contribution in [2.75, 3.05) is 0 Å². The van der Waals surface area contributed by atoms with Crippen LogP contribution in [0.3, 0.4) is 0 Å². The number of hydrogen-bond acceptors (Lipinski definition) is 3. The van der Waals surface area contributed by atoms with E-state index in [0.29, 0.717) is 6.42 Å². The van der Waals surface area contributed by atoms with Crippen LogP contribution in [-0.4, -0.2) is 11.0 Å². The number of esters is 1. The summed E-state index contributed by atoms with van der Waals surface area (Å²) in [4.78, 5) is 14.9. The fourth-order valence-electron chi connectivity index (χ4n) is 1.30. The number of nitrogens with zero attached hydrogens (tertiary/aromatic N) is 1. The molecule has 0 aliphatic carbocycles. The molecule has 2 heterocycles. The molecule has 1 aliphatic rings. The Morgan fingerprint density at radius 2 is 2.42 bits per heavy atom. The van der Waals surface area contributed by atoms with Crippen molar-refractivity contribution in [2.45, 2.75) is 18.9 Å². The average Bonchev–Trinajstić information content (AvgIpc) is 2.54. The van der Waals surface area contributed by atoms with Crippen molar-refractivity contribution in [2.24, 2.45) is 0 Å². The predicted octanol–water partition coefficient (Wildman–Crippen LogP) is 1.46. The lowest BCUT2D eigenvalue weighted by Gasteiger charge is -2.06. The van der Waals surface area contributed by atoms with Crippen LogP contribution < -0.4 is 0 Å². The van der Waals surface area contributed by atoms with E-state index in [1.165, 1.54) is 0 Å². The first kappa shape index (κ1) is 7.28. The lowest BCUT2D eigenvalue weighted by atomic mass is 10.2. The van der Waals surface area contributed by atoms with Gasteiger partial charge in [0, 0.05) is 19.0 Å². The second-order valence-electron chi connectivity index (χ2n) is 2.77. The molecule has 3 heteroatoms. The van der Waals surface area contributed by atoms with Crippen LogP contribution >= 0.6 is 0 Å². The summed E-state index contributed by atoms with van der Waals surface area (Å²) in [7, 11) is 0. The lowest BCUT2D eigenvalue weighted by molar-refractivity contribution is -0.141. The molecule has 1 unspecified atom stereocenters. The zero-order valence-electron chi connectivity index (χ0n) is 6.56. The maximum absolute atomic E-state index is 10.8. The van der Waals surface area contributed by atoms with Crippen molar-refractivity contribution in [1.82, 2.24) is 4.98 Å². The normalized spacial score (nSPS) is 22.3. The van der Waals surface area contributed by atoms with Crippen molar-refractivity contribution in [1.29, 1.82) is 0 Å². The van der Waals surface area contributed by atoms with E-state index in [2.05, 4.69) is 4.98 Å². The van der Waals surface area contributed by atoms with E-state index in [-0.39, 0.29) is 12.1 Å². The molecule has 3 nitrogen and oxygen atoms in total. The van der Waals surface area contributed by atoms with Crippen molar-refractivity contribution >= 4 is 5.97 Å². The van der Waals surface area contributed by atoms with Gasteiger partial charge in [0.2, 0.25) is 0 Å². The van der Waals surface area contributed by atoms with Gasteiger partial charge in [0.25, 0.3) is 0 Å². The summed E-state index contributed by atoms with van der Waals surface area (Å²) in [5.74, 6) is -0.120. The van der Waals surface area contributed by atoms with Gasteiger partial charge in [-0.3, -0.25) is 9.78 Å². The van der Waals surface area contributed by atoms with Gasteiger partial charge in [-0.2, -0.15) is 0 Å². The summed E-state index contributed by atoms with van der Waals surface area (Å²) < 4.78 is 5.05. The summed E-state index contributed by atoms with van der Waals surface area (Å²) in [6.07, 6.45) is 2.87. The van der Waals surface area contributed by atoms with Crippen LogP contribution in [0.25, 0.3) is 0 Å². The maximum atomic E-state index is 10.8. The molecule has 0 amide bonds. The molecule has 62 valence electrons. The van der Waals surface area contributed by atoms with Gasteiger partial charge in [0.05, 0.1) is 5.69 Å². The van der Waals surface area contributed by atoms with Crippen LogP contribution in [-0.2, 0) is 9.53 Å². The van der Waals surface area contributed by atoms with E-state index in [1.54, 1.807) is 6.20 Å². The quantitative estimate of drug-likeness (QED) is 0.588. The molecule has 1 fully saturated rings. The minimum absolute atomic E-state index is 0.112. The number of ether oxygens (including phenoxy) is 1. The molecule has 1 saturated heterocycles. The molecule has 0 radical (unpaired) electrons. The van der Waals surface area contributed by atoms with Crippen molar-refractivity contribution in [3.8, 4) is 0 Å². The van der Waals surface area contributed by atoms with Crippen LogP contribution in [0.1, 0.15) is 24.6 Å². The summed E-state index contributed by atoms with van der Waals surface area (Å²) in [6.45, 7) is 0. The van der Waals surface area contributed by atoms with Gasteiger partial charge in [0.1, 0.15) is 6.10 Å². The van der Waals surface area contributed by atoms with E-state index in [9.17, 15) is 4.79 Å². The zero-order valence-corrected chi connectivity index (χ0v) is 6.56. The third-order valence-corrected chi connectivity index (χ3v) is 1.90. The molecule has 1 aromatic rings. The molecule has 12 heavy (non-hydrogen) atoms. The Bertz CT molecular complexity index is 284. The van der Waals surface area contributed by atoms with Gasteiger partial charge in [-0.25, -0.2) is 0 Å². The van der Waals surface area contributed by atoms with Gasteiger partial charge < -0.3 is 4.74 Å². The monoisotopic (exact) mass is 163 g/mol. The van der Waals surface area contributed by atoms with Gasteiger partial charge in [-0.05, 0) is 12.1 Å². The second kappa shape index (κ2) is 2.93. The molecule has 0 aromatic carbocycles. The number of rotatable bonds is 1. The number of carbonyl (C=O) groups excluding carboxylic acids is 1. The van der Waals surface area contributed by atoms with Crippen molar-refractivity contribution in [3.63, 3.8) is 0 Å². The Kier molecular flexibility index (Phi) is 1.78. The number of pyridine rings is 1. The minimum atomic E-state index is -0.120. The highest BCUT2D eigenvalue weighted by Gasteiger charge is 2.25. The van der Waals surface area contributed by atoms with E-state index in [4.69, 9.17) is 4.74 Å². The minimum Gasteiger partial charge on any atom is -0.456 e. The molecule has 1 atom stereocenters. The third-order valence-electron chi connectivity index (χ3n) is 1.90. The van der Waals surface area contributed by atoms with Crippen molar-refractivity contribution < 1.29 is 9.53 Å². The lowest BCUT2D eigenvalue weighted by Crippen LogP contribution is -2.00. The molecule has 1 aliphatic heterocycles. The Hall–Kier alpha value is -1.38. The van der Waals surface area contributed by atoms with E-state index in [1.807, 2.05) is 18.2 Å². The first-order chi connectivity index (χ1) is 5.86. The molecule has 0 spiro atoms. The summed E-state index contributed by atoms with van der Waals surface area (Å²) in [5.41, 5.74) is 0.850. The average molecular weight is 163 g/mol. The largest absolute Gasteiger partial charge is 0.456 e. The molecule has 0 saturated carbocycles. The molecule has 0 bridgehead atoms. The summed E-state index contributed by atoms with van der Waals surface area (Å²) in [5, 5.41) is 0. The van der Waals surface area contributed by atoms with Crippen molar-refractivity contribution in [3.05, 3.63) is 30.1 Å². The SMILES string of the molecule is O=C1CCC(c2ccccn2)O1. The predicted molar refractivity (Wildman–Crippen MR) is 42.3 cm³/mol. The first-order valence-corrected chi connectivity index (χ1v) is 3.96. The Morgan fingerprint density at radius 1 is 1.50 bits per heavy atom. The fraction of sp³-hybridized carbons (Fsp3) is 0.333. The second-order valence-corrected chi connectivity index (χ2v) is 2.77. The zero-order chi connectivity index (χ0) is 8.39. The molecule has 1 aromatic heterocycles. The van der Waals surface area contributed by atoms with Crippen LogP contribution in [0.15, 0.2) is 24.4 Å². The first-order valence-electron chi connectivity index (χ1n) is 3.96. The highest BCUT2D eigenvalue weighted by Crippen LogP contribution is 2.27. The number of carbonyl (C=O) groups is 1. The van der Waals surface area contributed by atoms with E-state index in [0.717, 1.165) is 12.1 Å². The highest BCUT2D eigenvalue weighted by molar-refractivity contribution is 5.71. The van der Waals surface area contributed by atoms with E-state index < -0.39 is 0 Å². The molecular formula is C9H9NO2. The maximum Gasteiger partial charge on any atom is 0.306 e. The van der Waals surface area contributed by atoms with Gasteiger partial charge >= 0.3 is 5.97 Å². The standard InChI is InChI=1S/C9H9NO2/c11-9-5-4-8(12-9)7-3-1-2-6-10-7/h1-3,6,8H,4-5H2. The fourth-order valence-corrected chi connectivity index (χ4v) is 1.30. The smallest absolute Gasteiger partial charge is 0.306 e. The number of aromatic nitrogens is 1. The third kappa shape index (κ3) is 1.30. The number of cyclic esters (lactones) is 1. The molecule has 0 N–H and O–H groups in total. The van der Waals surface area contributed by atoms with Crippen LogP contribution in [0.4, 0.5) is 0 Å². The van der Waals surface area contributed by atoms with Gasteiger partial charge in [-0.15, -0.1) is 0 Å². The van der Waals surface area contributed by atoms with E-state index >= 15 is 0 Å². The number of hydrogen-bond donors (Lipinski definition) is 0. The van der Waals surface area contributed by atoms with Crippen LogP contribution in [0, 0.1) is 0 Å². The molecule has 2 rings (SSSR count). The van der Waals surface area contributed by atoms with Crippen LogP contribution in [0.5, 0.6) is 0 Å². The van der Waals surface area contributed by atoms with Gasteiger partial charge in [-0.1, -0.05) is 6.07 Å². The van der Waals surface area contributed by atoms with Crippen LogP contribution in [0.2, 0.25) is 0 Å². The topological polar surface area (TPSA) is 39.2 Å². The summed E-state index contributed by atoms with van der Waals surface area (Å²) in [6, 6.07) is 5.62. The Balaban J connectivity index is 2.16. The molecular weight excluding hydrogens is 154 g/mol. The Labute approximate surface area is 70.4 Å². The summed E-state index contributed by atoms with van der Waals surface area (Å²) >= 11 is 0. The van der Waals surface area contributed by atoms with Gasteiger partial charge in [0.15, 0.2) is 0 Å².